The van der Waals surface area contributed by atoms with Crippen LogP contribution in [0, 0.1) is 5.82 Å². The Kier molecular flexibility index (Phi) is 6.20. The minimum atomic E-state index is -3.73. The molecule has 0 aliphatic carbocycles. The van der Waals surface area contributed by atoms with E-state index in [1.54, 1.807) is 31.2 Å². The number of hydrogen-bond acceptors (Lipinski definition) is 4. The predicted molar refractivity (Wildman–Crippen MR) is 109 cm³/mol. The quantitative estimate of drug-likeness (QED) is 0.750. The SMILES string of the molecule is CC(NS(=O)(=O)c1cccc(Br)c1)c1cc(F)ccc1N1CCN(C)CC1. The summed E-state index contributed by atoms with van der Waals surface area (Å²) in [5.41, 5.74) is 1.51. The topological polar surface area (TPSA) is 52.7 Å². The first-order valence-electron chi connectivity index (χ1n) is 8.77. The monoisotopic (exact) mass is 455 g/mol. The van der Waals surface area contributed by atoms with Crippen molar-refractivity contribution in [2.45, 2.75) is 17.9 Å². The molecule has 1 atom stereocenters. The van der Waals surface area contributed by atoms with Crippen LogP contribution in [0.2, 0.25) is 0 Å². The Hall–Kier alpha value is -1.48. The average molecular weight is 456 g/mol. The van der Waals surface area contributed by atoms with Crippen molar-refractivity contribution in [3.8, 4) is 0 Å². The Morgan fingerprint density at radius 2 is 1.81 bits per heavy atom. The van der Waals surface area contributed by atoms with Crippen molar-refractivity contribution in [3.63, 3.8) is 0 Å². The molecule has 1 fully saturated rings. The molecule has 1 aliphatic rings. The lowest BCUT2D eigenvalue weighted by Crippen LogP contribution is -2.45. The lowest BCUT2D eigenvalue weighted by Gasteiger charge is -2.36. The molecule has 0 spiro atoms. The molecule has 1 unspecified atom stereocenters. The molecule has 2 aromatic rings. The first-order chi connectivity index (χ1) is 12.8. The van der Waals surface area contributed by atoms with E-state index in [2.05, 4.69) is 37.5 Å². The van der Waals surface area contributed by atoms with Gasteiger partial charge in [-0.2, -0.15) is 0 Å². The maximum atomic E-state index is 13.9. The fourth-order valence-electron chi connectivity index (χ4n) is 3.21. The number of nitrogens with zero attached hydrogens (tertiary/aromatic N) is 2. The molecule has 2 aromatic carbocycles. The highest BCUT2D eigenvalue weighted by Crippen LogP contribution is 2.29. The number of rotatable bonds is 5. The molecule has 0 aromatic heterocycles. The van der Waals surface area contributed by atoms with E-state index in [1.165, 1.54) is 18.2 Å². The molecule has 1 saturated heterocycles. The summed E-state index contributed by atoms with van der Waals surface area (Å²) in [6.07, 6.45) is 0. The molecule has 0 bridgehead atoms. The molecule has 0 amide bonds. The number of nitrogens with one attached hydrogen (secondary N) is 1. The van der Waals surface area contributed by atoms with Crippen LogP contribution >= 0.6 is 15.9 Å². The summed E-state index contributed by atoms with van der Waals surface area (Å²) in [5.74, 6) is -0.378. The summed E-state index contributed by atoms with van der Waals surface area (Å²) in [5, 5.41) is 0. The highest BCUT2D eigenvalue weighted by Gasteiger charge is 2.24. The number of piperazine rings is 1. The van der Waals surface area contributed by atoms with Gasteiger partial charge in [-0.25, -0.2) is 17.5 Å². The number of benzene rings is 2. The van der Waals surface area contributed by atoms with Crippen LogP contribution in [0.1, 0.15) is 18.5 Å². The summed E-state index contributed by atoms with van der Waals surface area (Å²) in [6, 6.07) is 10.5. The van der Waals surface area contributed by atoms with E-state index in [9.17, 15) is 12.8 Å². The first kappa shape index (κ1) is 20.3. The highest BCUT2D eigenvalue weighted by atomic mass is 79.9. The fraction of sp³-hybridized carbons (Fsp3) is 0.368. The van der Waals surface area contributed by atoms with Crippen LogP contribution in [0.4, 0.5) is 10.1 Å². The maximum Gasteiger partial charge on any atom is 0.241 e. The number of sulfonamides is 1. The second kappa shape index (κ2) is 8.26. The van der Waals surface area contributed by atoms with Crippen LogP contribution in [0.15, 0.2) is 51.8 Å². The van der Waals surface area contributed by atoms with E-state index in [4.69, 9.17) is 0 Å². The summed E-state index contributed by atoms with van der Waals surface area (Å²) in [7, 11) is -1.66. The van der Waals surface area contributed by atoms with E-state index in [0.29, 0.717) is 10.0 Å². The van der Waals surface area contributed by atoms with Crippen molar-refractivity contribution < 1.29 is 12.8 Å². The van der Waals surface area contributed by atoms with Gasteiger partial charge >= 0.3 is 0 Å². The van der Waals surface area contributed by atoms with Gasteiger partial charge in [0.05, 0.1) is 4.90 Å². The third-order valence-electron chi connectivity index (χ3n) is 4.74. The second-order valence-corrected chi connectivity index (χ2v) is 9.42. The number of anilines is 1. The Bertz CT molecular complexity index is 915. The van der Waals surface area contributed by atoms with Crippen LogP contribution < -0.4 is 9.62 Å². The number of likely N-dealkylation sites (N-methyl/N-ethyl adjacent to an activating group) is 1. The van der Waals surface area contributed by atoms with Crippen LogP contribution in [0.3, 0.4) is 0 Å². The van der Waals surface area contributed by atoms with Gasteiger partial charge in [-0.1, -0.05) is 22.0 Å². The van der Waals surface area contributed by atoms with E-state index in [0.717, 1.165) is 31.9 Å². The van der Waals surface area contributed by atoms with Gasteiger partial charge in [-0.3, -0.25) is 0 Å². The zero-order valence-electron chi connectivity index (χ0n) is 15.3. The van der Waals surface area contributed by atoms with Crippen molar-refractivity contribution in [2.75, 3.05) is 38.1 Å². The summed E-state index contributed by atoms with van der Waals surface area (Å²) in [4.78, 5) is 4.58. The van der Waals surface area contributed by atoms with Gasteiger partial charge in [0.1, 0.15) is 5.82 Å². The zero-order valence-corrected chi connectivity index (χ0v) is 17.7. The lowest BCUT2D eigenvalue weighted by molar-refractivity contribution is 0.312. The predicted octanol–water partition coefficient (Wildman–Crippen LogP) is 3.38. The number of halogens is 2. The minimum absolute atomic E-state index is 0.168. The molecule has 1 aliphatic heterocycles. The van der Waals surface area contributed by atoms with Crippen molar-refractivity contribution in [1.82, 2.24) is 9.62 Å². The summed E-state index contributed by atoms with van der Waals surface area (Å²) >= 11 is 3.29. The molecule has 146 valence electrons. The average Bonchev–Trinajstić information content (AvgIpc) is 2.62. The molecule has 27 heavy (non-hydrogen) atoms. The molecule has 1 heterocycles. The smallest absolute Gasteiger partial charge is 0.241 e. The molecule has 5 nitrogen and oxygen atoms in total. The van der Waals surface area contributed by atoms with Crippen molar-refractivity contribution in [1.29, 1.82) is 0 Å². The molecule has 8 heteroatoms. The number of hydrogen-bond donors (Lipinski definition) is 1. The Morgan fingerprint density at radius 3 is 2.48 bits per heavy atom. The van der Waals surface area contributed by atoms with Crippen molar-refractivity contribution in [3.05, 3.63) is 58.3 Å². The van der Waals surface area contributed by atoms with Gasteiger partial charge in [0.15, 0.2) is 0 Å². The van der Waals surface area contributed by atoms with Gasteiger partial charge in [-0.15, -0.1) is 0 Å². The van der Waals surface area contributed by atoms with Crippen LogP contribution in [-0.4, -0.2) is 46.5 Å². The Morgan fingerprint density at radius 1 is 1.11 bits per heavy atom. The molecule has 3 rings (SSSR count). The fourth-order valence-corrected chi connectivity index (χ4v) is 5.03. The summed E-state index contributed by atoms with van der Waals surface area (Å²) in [6.45, 7) is 5.20. The highest BCUT2D eigenvalue weighted by molar-refractivity contribution is 9.10. The summed E-state index contributed by atoms with van der Waals surface area (Å²) < 4.78 is 42.8. The third kappa shape index (κ3) is 4.87. The van der Waals surface area contributed by atoms with Gasteiger partial charge < -0.3 is 9.80 Å². The molecule has 0 radical (unpaired) electrons. The van der Waals surface area contributed by atoms with E-state index < -0.39 is 16.1 Å². The zero-order chi connectivity index (χ0) is 19.6. The van der Waals surface area contributed by atoms with Gasteiger partial charge in [0.2, 0.25) is 10.0 Å². The van der Waals surface area contributed by atoms with Crippen molar-refractivity contribution in [2.24, 2.45) is 0 Å². The first-order valence-corrected chi connectivity index (χ1v) is 11.0. The standard InChI is InChI=1S/C19H23BrFN3O2S/c1-14(22-27(25,26)17-5-3-4-15(20)12-17)18-13-16(21)6-7-19(18)24-10-8-23(2)9-11-24/h3-7,12-14,22H,8-11H2,1-2H3. The van der Waals surface area contributed by atoms with Crippen LogP contribution in [0.25, 0.3) is 0 Å². The Labute approximate surface area is 168 Å². The lowest BCUT2D eigenvalue weighted by atomic mass is 10.0. The molecule has 1 N–H and O–H groups in total. The van der Waals surface area contributed by atoms with E-state index >= 15 is 0 Å². The van der Waals surface area contributed by atoms with Gasteiger partial charge in [0.25, 0.3) is 0 Å². The largest absolute Gasteiger partial charge is 0.369 e. The van der Waals surface area contributed by atoms with E-state index in [1.807, 2.05) is 0 Å². The minimum Gasteiger partial charge on any atom is -0.369 e. The molecule has 0 saturated carbocycles. The van der Waals surface area contributed by atoms with Gasteiger partial charge in [0, 0.05) is 42.4 Å². The van der Waals surface area contributed by atoms with Crippen LogP contribution in [0.5, 0.6) is 0 Å². The Balaban J connectivity index is 1.88. The third-order valence-corrected chi connectivity index (χ3v) is 6.77. The van der Waals surface area contributed by atoms with Crippen LogP contribution in [-0.2, 0) is 10.0 Å². The second-order valence-electron chi connectivity index (χ2n) is 6.79. The molecular formula is C19H23BrFN3O2S. The molecular weight excluding hydrogens is 433 g/mol. The normalized spacial score (nSPS) is 17.1. The van der Waals surface area contributed by atoms with E-state index in [-0.39, 0.29) is 10.7 Å². The van der Waals surface area contributed by atoms with Crippen molar-refractivity contribution >= 4 is 31.6 Å². The maximum absolute atomic E-state index is 13.9. The van der Waals surface area contributed by atoms with Gasteiger partial charge in [-0.05, 0) is 55.9 Å².